The molecule has 0 unspecified atom stereocenters. The molecule has 0 saturated carbocycles. The second-order valence-corrected chi connectivity index (χ2v) is 7.53. The second kappa shape index (κ2) is 7.47. The van der Waals surface area contributed by atoms with Crippen molar-refractivity contribution in [3.63, 3.8) is 0 Å². The predicted molar refractivity (Wildman–Crippen MR) is 122 cm³/mol. The number of hydrogen-bond acceptors (Lipinski definition) is 3. The molecule has 4 heteroatoms. The molecule has 0 N–H and O–H groups in total. The van der Waals surface area contributed by atoms with E-state index in [0.717, 1.165) is 22.3 Å². The van der Waals surface area contributed by atoms with Crippen LogP contribution >= 0.6 is 0 Å². The van der Waals surface area contributed by atoms with E-state index in [4.69, 9.17) is 11.8 Å². The molecule has 0 aliphatic heterocycles. The summed E-state index contributed by atoms with van der Waals surface area (Å²) in [6.07, 6.45) is 0. The molecule has 1 aliphatic rings. The van der Waals surface area contributed by atoms with Gasteiger partial charge in [-0.3, -0.25) is 9.59 Å². The summed E-state index contributed by atoms with van der Waals surface area (Å²) in [5, 5.41) is 8.99. The van der Waals surface area contributed by atoms with Crippen LogP contribution in [0.4, 0.5) is 5.69 Å². The predicted octanol–water partition coefficient (Wildman–Crippen LogP) is 6.22. The molecule has 0 atom stereocenters. The average Bonchev–Trinajstić information content (AvgIpc) is 2.86. The Labute approximate surface area is 184 Å². The Morgan fingerprint density at radius 1 is 0.594 bits per heavy atom. The molecule has 0 fully saturated rings. The van der Waals surface area contributed by atoms with Crippen molar-refractivity contribution in [2.45, 2.75) is 0 Å². The SMILES string of the molecule is [C-]#[N+]c1ccc(-c2ccc3c(c2)C(=O)c2ccc(-c4ccc(C#N)cc4)cc2C3=O)cc1. The van der Waals surface area contributed by atoms with Crippen molar-refractivity contribution < 1.29 is 9.59 Å². The van der Waals surface area contributed by atoms with Crippen molar-refractivity contribution in [3.05, 3.63) is 124 Å². The molecule has 0 spiro atoms. The minimum absolute atomic E-state index is 0.180. The molecule has 4 aromatic rings. The van der Waals surface area contributed by atoms with E-state index in [1.54, 1.807) is 48.5 Å². The van der Waals surface area contributed by atoms with E-state index in [9.17, 15) is 9.59 Å². The van der Waals surface area contributed by atoms with Crippen LogP contribution < -0.4 is 0 Å². The van der Waals surface area contributed by atoms with Gasteiger partial charge in [0.15, 0.2) is 17.3 Å². The highest BCUT2D eigenvalue weighted by Gasteiger charge is 2.30. The minimum atomic E-state index is -0.181. The largest absolute Gasteiger partial charge is 0.289 e. The Bertz CT molecular complexity index is 1380. The van der Waals surface area contributed by atoms with Gasteiger partial charge in [-0.15, -0.1) is 0 Å². The molecule has 0 heterocycles. The normalized spacial score (nSPS) is 11.8. The van der Waals surface area contributed by atoms with Crippen LogP contribution in [0.15, 0.2) is 84.9 Å². The molecule has 4 nitrogen and oxygen atoms in total. The van der Waals surface area contributed by atoms with E-state index in [-0.39, 0.29) is 11.6 Å². The van der Waals surface area contributed by atoms with Gasteiger partial charge in [-0.1, -0.05) is 48.5 Å². The fourth-order valence-electron chi connectivity index (χ4n) is 3.98. The van der Waals surface area contributed by atoms with E-state index in [1.807, 2.05) is 36.4 Å². The second-order valence-electron chi connectivity index (χ2n) is 7.53. The minimum Gasteiger partial charge on any atom is -0.289 e. The van der Waals surface area contributed by atoms with Crippen molar-refractivity contribution in [2.75, 3.05) is 0 Å². The third-order valence-electron chi connectivity index (χ3n) is 5.69. The van der Waals surface area contributed by atoms with Crippen molar-refractivity contribution in [2.24, 2.45) is 0 Å². The fraction of sp³-hybridized carbons (Fsp3) is 0. The van der Waals surface area contributed by atoms with Crippen LogP contribution in [0.1, 0.15) is 37.4 Å². The maximum Gasteiger partial charge on any atom is 0.194 e. The number of rotatable bonds is 2. The van der Waals surface area contributed by atoms with Crippen LogP contribution in [0.2, 0.25) is 0 Å². The number of nitriles is 1. The first-order valence-corrected chi connectivity index (χ1v) is 9.95. The van der Waals surface area contributed by atoms with Gasteiger partial charge in [0.2, 0.25) is 0 Å². The molecule has 1 aliphatic carbocycles. The Morgan fingerprint density at radius 2 is 1.03 bits per heavy atom. The van der Waals surface area contributed by atoms with Gasteiger partial charge in [0.1, 0.15) is 0 Å². The molecule has 148 valence electrons. The number of carbonyl (C=O) groups is 2. The van der Waals surface area contributed by atoms with Crippen molar-refractivity contribution >= 4 is 17.3 Å². The number of hydrogen-bond donors (Lipinski definition) is 0. The standard InChI is InChI=1S/C28H14N2O2/c1-30-22-10-6-19(7-11-22)21-9-13-24-26(15-21)28(32)23-12-8-20(14-25(23)27(24)31)18-4-2-17(16-29)3-5-18/h2-15H. The lowest BCUT2D eigenvalue weighted by molar-refractivity contribution is 0.0979. The Hall–Kier alpha value is -4.80. The molecule has 0 amide bonds. The first kappa shape index (κ1) is 19.2. The summed E-state index contributed by atoms with van der Waals surface area (Å²) in [4.78, 5) is 29.9. The fourth-order valence-corrected chi connectivity index (χ4v) is 3.98. The zero-order chi connectivity index (χ0) is 22.2. The van der Waals surface area contributed by atoms with Crippen LogP contribution in [-0.4, -0.2) is 11.6 Å². The summed E-state index contributed by atoms with van der Waals surface area (Å²) < 4.78 is 0. The number of carbonyl (C=O) groups excluding carboxylic acids is 2. The zero-order valence-electron chi connectivity index (χ0n) is 16.8. The average molecular weight is 410 g/mol. The summed E-state index contributed by atoms with van der Waals surface area (Å²) in [6.45, 7) is 7.08. The van der Waals surface area contributed by atoms with Gasteiger partial charge >= 0.3 is 0 Å². The number of fused-ring (bicyclic) bond motifs is 2. The van der Waals surface area contributed by atoms with Gasteiger partial charge in [-0.2, -0.15) is 5.26 Å². The summed E-state index contributed by atoms with van der Waals surface area (Å²) in [5.74, 6) is -0.361. The molecule has 0 aromatic heterocycles. The van der Waals surface area contributed by atoms with E-state index in [1.165, 1.54) is 0 Å². The van der Waals surface area contributed by atoms with E-state index in [2.05, 4.69) is 10.9 Å². The van der Waals surface area contributed by atoms with Crippen LogP contribution in [-0.2, 0) is 0 Å². The van der Waals surface area contributed by atoms with Crippen molar-refractivity contribution in [3.8, 4) is 28.3 Å². The number of nitrogens with zero attached hydrogens (tertiary/aromatic N) is 2. The quantitative estimate of drug-likeness (QED) is 0.325. The molecule has 0 radical (unpaired) electrons. The van der Waals surface area contributed by atoms with E-state index < -0.39 is 0 Å². The van der Waals surface area contributed by atoms with Gasteiger partial charge in [-0.25, -0.2) is 4.85 Å². The van der Waals surface area contributed by atoms with Crippen LogP contribution in [0, 0.1) is 17.9 Å². The van der Waals surface area contributed by atoms with Crippen LogP contribution in [0.25, 0.3) is 27.1 Å². The number of ketones is 2. The lowest BCUT2D eigenvalue weighted by atomic mass is 9.81. The Balaban J connectivity index is 1.55. The maximum absolute atomic E-state index is 13.2. The van der Waals surface area contributed by atoms with Gasteiger partial charge in [0.25, 0.3) is 0 Å². The lowest BCUT2D eigenvalue weighted by Crippen LogP contribution is -2.21. The smallest absolute Gasteiger partial charge is 0.194 e. The topological polar surface area (TPSA) is 62.3 Å². The molecule has 32 heavy (non-hydrogen) atoms. The Morgan fingerprint density at radius 3 is 1.47 bits per heavy atom. The lowest BCUT2D eigenvalue weighted by Gasteiger charge is -2.19. The maximum atomic E-state index is 13.2. The van der Waals surface area contributed by atoms with Gasteiger partial charge in [-0.05, 0) is 58.7 Å². The zero-order valence-corrected chi connectivity index (χ0v) is 16.8. The highest BCUT2D eigenvalue weighted by atomic mass is 16.1. The molecule has 4 aromatic carbocycles. The summed E-state index contributed by atoms with van der Waals surface area (Å²) in [6, 6.07) is 26.9. The molecule has 0 saturated heterocycles. The molecule has 5 rings (SSSR count). The summed E-state index contributed by atoms with van der Waals surface area (Å²) in [7, 11) is 0. The number of benzene rings is 4. The summed E-state index contributed by atoms with van der Waals surface area (Å²) >= 11 is 0. The van der Waals surface area contributed by atoms with Gasteiger partial charge < -0.3 is 0 Å². The van der Waals surface area contributed by atoms with Gasteiger partial charge in [0, 0.05) is 22.3 Å². The Kier molecular flexibility index (Phi) is 4.48. The van der Waals surface area contributed by atoms with Crippen LogP contribution in [0.3, 0.4) is 0 Å². The first-order valence-electron chi connectivity index (χ1n) is 9.95. The molecule has 0 bridgehead atoms. The van der Waals surface area contributed by atoms with Crippen molar-refractivity contribution in [1.29, 1.82) is 5.26 Å². The van der Waals surface area contributed by atoms with Crippen molar-refractivity contribution in [1.82, 2.24) is 0 Å². The third kappa shape index (κ3) is 3.08. The first-order chi connectivity index (χ1) is 15.6. The third-order valence-corrected chi connectivity index (χ3v) is 5.69. The van der Waals surface area contributed by atoms with E-state index >= 15 is 0 Å². The summed E-state index contributed by atoms with van der Waals surface area (Å²) in [5.41, 5.74) is 6.04. The highest BCUT2D eigenvalue weighted by Crippen LogP contribution is 2.33. The monoisotopic (exact) mass is 410 g/mol. The van der Waals surface area contributed by atoms with Gasteiger partial charge in [0.05, 0.1) is 18.2 Å². The van der Waals surface area contributed by atoms with E-state index in [0.29, 0.717) is 33.5 Å². The van der Waals surface area contributed by atoms with Crippen LogP contribution in [0.5, 0.6) is 0 Å². The highest BCUT2D eigenvalue weighted by molar-refractivity contribution is 6.29. The molecular formula is C28H14N2O2. The molecular weight excluding hydrogens is 396 g/mol.